The van der Waals surface area contributed by atoms with Gasteiger partial charge in [-0.2, -0.15) is 0 Å². The number of likely N-dealkylation sites (N-methyl/N-ethyl adjacent to an activating group) is 1. The third kappa shape index (κ3) is 3.89. The van der Waals surface area contributed by atoms with Gasteiger partial charge in [0.15, 0.2) is 0 Å². The number of carbonyl (C=O) groups is 1. The summed E-state index contributed by atoms with van der Waals surface area (Å²) < 4.78 is 19.2. The van der Waals surface area contributed by atoms with Crippen molar-refractivity contribution in [3.63, 3.8) is 0 Å². The monoisotopic (exact) mass is 334 g/mol. The zero-order valence-electron chi connectivity index (χ0n) is 14.4. The average Bonchev–Trinajstić information content (AvgIpc) is 3.25. The van der Waals surface area contributed by atoms with Crippen molar-refractivity contribution in [1.82, 2.24) is 10.2 Å². The molecule has 0 aromatic heterocycles. The third-order valence-corrected chi connectivity index (χ3v) is 5.42. The number of benzene rings is 1. The van der Waals surface area contributed by atoms with Crippen LogP contribution < -0.4 is 5.32 Å². The predicted molar refractivity (Wildman–Crippen MR) is 91.5 cm³/mol. The largest absolute Gasteiger partial charge is 0.376 e. The lowest BCUT2D eigenvalue weighted by atomic mass is 9.79. The molecule has 4 nitrogen and oxygen atoms in total. The van der Waals surface area contributed by atoms with Crippen molar-refractivity contribution in [1.29, 1.82) is 0 Å². The van der Waals surface area contributed by atoms with Gasteiger partial charge in [0, 0.05) is 32.2 Å². The minimum atomic E-state index is -0.208. The van der Waals surface area contributed by atoms with Crippen LogP contribution in [0.15, 0.2) is 24.3 Å². The van der Waals surface area contributed by atoms with Gasteiger partial charge in [-0.05, 0) is 43.4 Å². The van der Waals surface area contributed by atoms with Crippen molar-refractivity contribution in [2.45, 2.75) is 50.0 Å². The average molecular weight is 334 g/mol. The maximum Gasteiger partial charge on any atom is 0.317 e. The Hall–Kier alpha value is -1.62. The topological polar surface area (TPSA) is 41.6 Å². The number of urea groups is 1. The summed E-state index contributed by atoms with van der Waals surface area (Å²) in [6.45, 7) is 1.98. The Morgan fingerprint density at radius 2 is 2.17 bits per heavy atom. The smallest absolute Gasteiger partial charge is 0.317 e. The lowest BCUT2D eigenvalue weighted by Gasteiger charge is -2.31. The van der Waals surface area contributed by atoms with Gasteiger partial charge in [0.1, 0.15) is 5.82 Å². The number of amides is 2. The molecule has 1 saturated heterocycles. The minimum Gasteiger partial charge on any atom is -0.376 e. The maximum absolute atomic E-state index is 13.6. The highest BCUT2D eigenvalue weighted by atomic mass is 19.1. The Balaban J connectivity index is 1.60. The number of nitrogens with zero attached hydrogens (tertiary/aromatic N) is 1. The Morgan fingerprint density at radius 1 is 1.38 bits per heavy atom. The Bertz CT molecular complexity index is 566. The molecule has 1 N–H and O–H groups in total. The van der Waals surface area contributed by atoms with Crippen molar-refractivity contribution >= 4 is 6.03 Å². The van der Waals surface area contributed by atoms with Gasteiger partial charge in [0.25, 0.3) is 0 Å². The molecule has 132 valence electrons. The van der Waals surface area contributed by atoms with Crippen LogP contribution in [-0.4, -0.2) is 43.8 Å². The molecule has 3 rings (SSSR count). The van der Waals surface area contributed by atoms with Crippen molar-refractivity contribution in [3.8, 4) is 0 Å². The molecular weight excluding hydrogens is 307 g/mol. The highest BCUT2D eigenvalue weighted by Crippen LogP contribution is 2.40. The predicted octanol–water partition coefficient (Wildman–Crippen LogP) is 3.46. The fourth-order valence-electron chi connectivity index (χ4n) is 3.99. The molecule has 1 atom stereocenters. The number of hydrogen-bond donors (Lipinski definition) is 1. The van der Waals surface area contributed by atoms with Crippen LogP contribution in [0.4, 0.5) is 9.18 Å². The van der Waals surface area contributed by atoms with Crippen molar-refractivity contribution in [2.24, 2.45) is 0 Å². The van der Waals surface area contributed by atoms with E-state index in [1.165, 1.54) is 6.07 Å². The molecule has 1 aliphatic carbocycles. The number of nitrogens with one attached hydrogen (secondary N) is 1. The molecule has 2 aliphatic rings. The molecule has 1 saturated carbocycles. The first-order valence-electron chi connectivity index (χ1n) is 8.96. The number of carbonyl (C=O) groups excluding carboxylic acids is 1. The van der Waals surface area contributed by atoms with Gasteiger partial charge in [-0.1, -0.05) is 25.0 Å². The van der Waals surface area contributed by atoms with Gasteiger partial charge >= 0.3 is 6.03 Å². The summed E-state index contributed by atoms with van der Waals surface area (Å²) in [4.78, 5) is 14.1. The number of hydrogen-bond acceptors (Lipinski definition) is 2. The van der Waals surface area contributed by atoms with Crippen molar-refractivity contribution < 1.29 is 13.9 Å². The Morgan fingerprint density at radius 3 is 2.83 bits per heavy atom. The summed E-state index contributed by atoms with van der Waals surface area (Å²) in [5.41, 5.74) is 0.865. The summed E-state index contributed by atoms with van der Waals surface area (Å²) in [5, 5.41) is 3.07. The van der Waals surface area contributed by atoms with Crippen molar-refractivity contribution in [2.75, 3.05) is 26.7 Å². The number of halogens is 1. The quantitative estimate of drug-likeness (QED) is 0.896. The molecule has 1 aromatic rings. The van der Waals surface area contributed by atoms with Gasteiger partial charge in [0.2, 0.25) is 0 Å². The molecule has 0 radical (unpaired) electrons. The highest BCUT2D eigenvalue weighted by Gasteiger charge is 2.36. The van der Waals surface area contributed by atoms with Crippen LogP contribution >= 0.6 is 0 Å². The van der Waals surface area contributed by atoms with Crippen LogP contribution in [0.3, 0.4) is 0 Å². The van der Waals surface area contributed by atoms with E-state index in [0.717, 1.165) is 50.7 Å². The van der Waals surface area contributed by atoms with E-state index in [9.17, 15) is 9.18 Å². The van der Waals surface area contributed by atoms with E-state index >= 15 is 0 Å². The molecule has 2 amide bonds. The summed E-state index contributed by atoms with van der Waals surface area (Å²) in [6.07, 6.45) is 6.48. The van der Waals surface area contributed by atoms with Crippen LogP contribution in [0, 0.1) is 5.82 Å². The Kier molecular flexibility index (Phi) is 5.39. The standard InChI is InChI=1S/C19H27FN2O2/c1-22(13-17-8-5-11-24-17)18(23)21-14-19(9-2-3-10-19)15-6-4-7-16(20)12-15/h4,6-7,12,17H,2-3,5,8-11,13-14H2,1H3,(H,21,23)/t17-/m1/s1. The maximum atomic E-state index is 13.6. The van der Waals surface area contributed by atoms with Crippen LogP contribution in [0.25, 0.3) is 0 Å². The second-order valence-corrected chi connectivity index (χ2v) is 7.17. The zero-order chi connectivity index (χ0) is 17.0. The first-order valence-corrected chi connectivity index (χ1v) is 8.96. The molecule has 24 heavy (non-hydrogen) atoms. The second kappa shape index (κ2) is 7.51. The van der Waals surface area contributed by atoms with E-state index < -0.39 is 0 Å². The van der Waals surface area contributed by atoms with E-state index in [1.54, 1.807) is 24.1 Å². The van der Waals surface area contributed by atoms with Crippen LogP contribution in [-0.2, 0) is 10.2 Å². The van der Waals surface area contributed by atoms with Gasteiger partial charge in [-0.3, -0.25) is 0 Å². The van der Waals surface area contributed by atoms with Gasteiger partial charge in [0.05, 0.1) is 6.10 Å². The summed E-state index contributed by atoms with van der Waals surface area (Å²) in [5.74, 6) is -0.208. The first-order chi connectivity index (χ1) is 11.6. The van der Waals surface area contributed by atoms with E-state index in [1.807, 2.05) is 6.07 Å². The lowest BCUT2D eigenvalue weighted by Crippen LogP contribution is -2.46. The summed E-state index contributed by atoms with van der Waals surface area (Å²) in [6, 6.07) is 6.76. The Labute approximate surface area is 143 Å². The molecular formula is C19H27FN2O2. The van der Waals surface area contributed by atoms with Crippen LogP contribution in [0.2, 0.25) is 0 Å². The van der Waals surface area contributed by atoms with Crippen LogP contribution in [0.5, 0.6) is 0 Å². The zero-order valence-corrected chi connectivity index (χ0v) is 14.4. The fourth-order valence-corrected chi connectivity index (χ4v) is 3.99. The summed E-state index contributed by atoms with van der Waals surface area (Å²) in [7, 11) is 1.81. The van der Waals surface area contributed by atoms with E-state index in [0.29, 0.717) is 13.1 Å². The fraction of sp³-hybridized carbons (Fsp3) is 0.632. The van der Waals surface area contributed by atoms with Crippen molar-refractivity contribution in [3.05, 3.63) is 35.6 Å². The number of rotatable bonds is 5. The minimum absolute atomic E-state index is 0.0758. The SMILES string of the molecule is CN(C[C@H]1CCCO1)C(=O)NCC1(c2cccc(F)c2)CCCC1. The van der Waals surface area contributed by atoms with Gasteiger partial charge < -0.3 is 15.0 Å². The molecule has 0 spiro atoms. The van der Waals surface area contributed by atoms with Gasteiger partial charge in [-0.15, -0.1) is 0 Å². The molecule has 0 bridgehead atoms. The van der Waals surface area contributed by atoms with Crippen LogP contribution in [0.1, 0.15) is 44.1 Å². The molecule has 1 heterocycles. The van der Waals surface area contributed by atoms with E-state index in [4.69, 9.17) is 4.74 Å². The van der Waals surface area contributed by atoms with Gasteiger partial charge in [-0.25, -0.2) is 9.18 Å². The molecule has 1 aliphatic heterocycles. The summed E-state index contributed by atoms with van der Waals surface area (Å²) >= 11 is 0. The second-order valence-electron chi connectivity index (χ2n) is 7.17. The lowest BCUT2D eigenvalue weighted by molar-refractivity contribution is 0.0872. The molecule has 5 heteroatoms. The van der Waals surface area contributed by atoms with E-state index in [2.05, 4.69) is 5.32 Å². The third-order valence-electron chi connectivity index (χ3n) is 5.42. The molecule has 1 aromatic carbocycles. The first kappa shape index (κ1) is 17.2. The highest BCUT2D eigenvalue weighted by molar-refractivity contribution is 5.74. The molecule has 0 unspecified atom stereocenters. The molecule has 2 fully saturated rings. The normalized spacial score (nSPS) is 22.5. The number of ether oxygens (including phenoxy) is 1. The van der Waals surface area contributed by atoms with E-state index in [-0.39, 0.29) is 23.4 Å².